The molecule has 0 atom stereocenters. The molecule has 0 aliphatic heterocycles. The minimum atomic E-state index is 0.525. The fourth-order valence-corrected chi connectivity index (χ4v) is 3.56. The number of rotatable bonds is 8. The first kappa shape index (κ1) is 21.3. The van der Waals surface area contributed by atoms with Gasteiger partial charge in [0.25, 0.3) is 0 Å². The molecule has 0 unspecified atom stereocenters. The summed E-state index contributed by atoms with van der Waals surface area (Å²) in [7, 11) is 4.77. The number of methoxy groups -OCH3 is 3. The molecule has 7 nitrogen and oxygen atoms in total. The number of ether oxygens (including phenoxy) is 3. The van der Waals surface area contributed by atoms with E-state index in [1.165, 1.54) is 11.3 Å². The molecule has 1 aromatic carbocycles. The lowest BCUT2D eigenvalue weighted by Crippen LogP contribution is -2.13. The molecule has 30 heavy (non-hydrogen) atoms. The van der Waals surface area contributed by atoms with E-state index in [1.807, 2.05) is 36.6 Å². The second-order valence-corrected chi connectivity index (χ2v) is 7.27. The third-order valence-electron chi connectivity index (χ3n) is 4.14. The first-order valence-electron chi connectivity index (χ1n) is 9.17. The largest absolute Gasteiger partial charge is 0.493 e. The number of pyridine rings is 1. The van der Waals surface area contributed by atoms with Crippen molar-refractivity contribution in [1.29, 1.82) is 0 Å². The highest BCUT2D eigenvalue weighted by molar-refractivity contribution is 7.07. The normalized spacial score (nSPS) is 11.7. The highest BCUT2D eigenvalue weighted by Crippen LogP contribution is 2.41. The van der Waals surface area contributed by atoms with Crippen molar-refractivity contribution in [3.8, 4) is 28.5 Å². The van der Waals surface area contributed by atoms with Crippen LogP contribution in [0.3, 0.4) is 0 Å². The van der Waals surface area contributed by atoms with Crippen molar-refractivity contribution in [2.24, 2.45) is 10.1 Å². The van der Waals surface area contributed by atoms with Crippen molar-refractivity contribution in [2.75, 3.05) is 27.9 Å². The summed E-state index contributed by atoms with van der Waals surface area (Å²) in [6, 6.07) is 7.59. The highest BCUT2D eigenvalue weighted by atomic mass is 32.1. The summed E-state index contributed by atoms with van der Waals surface area (Å²) in [5, 5.41) is 6.67. The number of hydrogen-bond acceptors (Lipinski definition) is 7. The lowest BCUT2D eigenvalue weighted by Gasteiger charge is -2.14. The SMILES string of the molecule is C=C(C)CN=c1scc(-c2cc(OC)c(OC)c(OC)c2)n1N=Cc1cccnc1. The van der Waals surface area contributed by atoms with E-state index in [0.29, 0.717) is 23.8 Å². The van der Waals surface area contributed by atoms with Crippen molar-refractivity contribution in [1.82, 2.24) is 9.66 Å². The summed E-state index contributed by atoms with van der Waals surface area (Å²) in [6.45, 7) is 6.40. The molecule has 0 saturated heterocycles. The number of thiazole rings is 1. The Morgan fingerprint density at radius 3 is 2.50 bits per heavy atom. The molecule has 0 radical (unpaired) electrons. The molecule has 0 spiro atoms. The Bertz CT molecular complexity index is 1090. The summed E-state index contributed by atoms with van der Waals surface area (Å²) < 4.78 is 18.2. The number of aromatic nitrogens is 2. The van der Waals surface area contributed by atoms with Gasteiger partial charge in [-0.1, -0.05) is 18.2 Å². The van der Waals surface area contributed by atoms with Crippen LogP contribution in [0.25, 0.3) is 11.3 Å². The van der Waals surface area contributed by atoms with Gasteiger partial charge in [0.1, 0.15) is 0 Å². The summed E-state index contributed by atoms with van der Waals surface area (Å²) >= 11 is 1.50. The van der Waals surface area contributed by atoms with Gasteiger partial charge in [0.05, 0.1) is 39.8 Å². The smallest absolute Gasteiger partial charge is 0.206 e. The van der Waals surface area contributed by atoms with Gasteiger partial charge in [0, 0.05) is 28.9 Å². The molecule has 0 aliphatic rings. The monoisotopic (exact) mass is 424 g/mol. The van der Waals surface area contributed by atoms with E-state index in [0.717, 1.165) is 27.2 Å². The van der Waals surface area contributed by atoms with Gasteiger partial charge >= 0.3 is 0 Å². The fourth-order valence-electron chi connectivity index (χ4n) is 2.73. The second kappa shape index (κ2) is 9.89. The molecule has 2 heterocycles. The van der Waals surface area contributed by atoms with Crippen LogP contribution in [0.4, 0.5) is 0 Å². The molecule has 0 bridgehead atoms. The molecule has 156 valence electrons. The third-order valence-corrected chi connectivity index (χ3v) is 4.99. The predicted molar refractivity (Wildman–Crippen MR) is 120 cm³/mol. The molecule has 3 aromatic rings. The molecule has 2 aromatic heterocycles. The first-order chi connectivity index (χ1) is 14.6. The average Bonchev–Trinajstić information content (AvgIpc) is 3.18. The van der Waals surface area contributed by atoms with Crippen molar-refractivity contribution in [2.45, 2.75) is 6.92 Å². The van der Waals surface area contributed by atoms with Crippen molar-refractivity contribution in [3.05, 3.63) is 64.6 Å². The van der Waals surface area contributed by atoms with Gasteiger partial charge in [0.15, 0.2) is 11.5 Å². The summed E-state index contributed by atoms with van der Waals surface area (Å²) in [4.78, 5) is 9.53. The van der Waals surface area contributed by atoms with Gasteiger partial charge in [-0.25, -0.2) is 4.68 Å². The van der Waals surface area contributed by atoms with Gasteiger partial charge in [-0.3, -0.25) is 9.98 Å². The van der Waals surface area contributed by atoms with Gasteiger partial charge in [0.2, 0.25) is 10.6 Å². The third kappa shape index (κ3) is 4.77. The Balaban J connectivity index is 2.16. The number of benzene rings is 1. The van der Waals surface area contributed by atoms with Crippen LogP contribution in [0.5, 0.6) is 17.2 Å². The van der Waals surface area contributed by atoms with E-state index in [-0.39, 0.29) is 0 Å². The summed E-state index contributed by atoms with van der Waals surface area (Å²) in [5.74, 6) is 1.68. The van der Waals surface area contributed by atoms with Crippen LogP contribution in [-0.2, 0) is 0 Å². The Hall–Kier alpha value is -3.39. The minimum absolute atomic E-state index is 0.525. The molecule has 3 rings (SSSR count). The van der Waals surface area contributed by atoms with Crippen LogP contribution in [0.15, 0.2) is 64.3 Å². The Morgan fingerprint density at radius 1 is 1.20 bits per heavy atom. The van der Waals surface area contributed by atoms with Crippen LogP contribution in [0.1, 0.15) is 12.5 Å². The molecule has 0 aliphatic carbocycles. The van der Waals surface area contributed by atoms with Gasteiger partial charge in [-0.05, 0) is 25.1 Å². The van der Waals surface area contributed by atoms with Gasteiger partial charge in [-0.2, -0.15) is 5.10 Å². The van der Waals surface area contributed by atoms with E-state index >= 15 is 0 Å². The van der Waals surface area contributed by atoms with E-state index in [2.05, 4.69) is 21.7 Å². The first-order valence-corrected chi connectivity index (χ1v) is 10.1. The van der Waals surface area contributed by atoms with Crippen LogP contribution in [-0.4, -0.2) is 43.7 Å². The molecule has 0 fully saturated rings. The zero-order valence-corrected chi connectivity index (χ0v) is 18.3. The maximum atomic E-state index is 5.50. The van der Waals surface area contributed by atoms with E-state index in [4.69, 9.17) is 14.2 Å². The molecule has 0 N–H and O–H groups in total. The van der Waals surface area contributed by atoms with Gasteiger partial charge < -0.3 is 14.2 Å². The van der Waals surface area contributed by atoms with E-state index in [1.54, 1.807) is 44.6 Å². The second-order valence-electron chi connectivity index (χ2n) is 6.43. The molecule has 8 heteroatoms. The number of hydrogen-bond donors (Lipinski definition) is 0. The van der Waals surface area contributed by atoms with E-state index < -0.39 is 0 Å². The van der Waals surface area contributed by atoms with Crippen LogP contribution in [0, 0.1) is 0 Å². The standard InChI is InChI=1S/C22H24N4O3S/c1-15(2)11-24-22-26(25-13-16-7-6-8-23-12-16)18(14-30-22)17-9-19(27-3)21(29-5)20(10-17)28-4/h6-10,12-14H,1,11H2,2-5H3. The molecular weight excluding hydrogens is 400 g/mol. The fraction of sp³-hybridized carbons (Fsp3) is 0.227. The van der Waals surface area contributed by atoms with Crippen molar-refractivity contribution < 1.29 is 14.2 Å². The zero-order valence-electron chi connectivity index (χ0n) is 17.5. The summed E-state index contributed by atoms with van der Waals surface area (Å²) in [5.41, 5.74) is 3.57. The van der Waals surface area contributed by atoms with Gasteiger partial charge in [-0.15, -0.1) is 11.3 Å². The Morgan fingerprint density at radius 2 is 1.93 bits per heavy atom. The molecule has 0 amide bonds. The highest BCUT2D eigenvalue weighted by Gasteiger charge is 2.17. The molecule has 0 saturated carbocycles. The van der Waals surface area contributed by atoms with Crippen LogP contribution >= 0.6 is 11.3 Å². The van der Waals surface area contributed by atoms with Crippen LogP contribution < -0.4 is 19.0 Å². The zero-order chi connectivity index (χ0) is 21.5. The van der Waals surface area contributed by atoms with Crippen LogP contribution in [0.2, 0.25) is 0 Å². The quantitative estimate of drug-likeness (QED) is 0.405. The minimum Gasteiger partial charge on any atom is -0.493 e. The Labute approximate surface area is 179 Å². The summed E-state index contributed by atoms with van der Waals surface area (Å²) in [6.07, 6.45) is 5.23. The topological polar surface area (TPSA) is 70.2 Å². The van der Waals surface area contributed by atoms with Crippen molar-refractivity contribution in [3.63, 3.8) is 0 Å². The lowest BCUT2D eigenvalue weighted by atomic mass is 10.1. The molecular formula is C22H24N4O3S. The maximum Gasteiger partial charge on any atom is 0.206 e. The van der Waals surface area contributed by atoms with E-state index in [9.17, 15) is 0 Å². The van der Waals surface area contributed by atoms with Crippen molar-refractivity contribution >= 4 is 17.6 Å². The Kier molecular flexibility index (Phi) is 7.03. The average molecular weight is 425 g/mol. The predicted octanol–water partition coefficient (Wildman–Crippen LogP) is 4.00. The number of nitrogens with zero attached hydrogens (tertiary/aromatic N) is 4. The maximum absolute atomic E-state index is 5.50. The lowest BCUT2D eigenvalue weighted by molar-refractivity contribution is 0.324.